The fourth-order valence-electron chi connectivity index (χ4n) is 4.17. The van der Waals surface area contributed by atoms with Gasteiger partial charge in [-0.05, 0) is 56.6 Å². The van der Waals surface area contributed by atoms with Crippen LogP contribution in [0.3, 0.4) is 0 Å². The van der Waals surface area contributed by atoms with E-state index in [0.717, 1.165) is 32.7 Å². The van der Waals surface area contributed by atoms with Crippen LogP contribution in [0.4, 0.5) is 0 Å². The first kappa shape index (κ1) is 21.6. The first-order valence-electron chi connectivity index (χ1n) is 10.8. The molecule has 0 aliphatic heterocycles. The highest BCUT2D eigenvalue weighted by Crippen LogP contribution is 2.30. The van der Waals surface area contributed by atoms with Crippen LogP contribution >= 0.6 is 0 Å². The average Bonchev–Trinajstić information content (AvgIpc) is 2.80. The smallest absolute Gasteiger partial charge is 0.241 e. The topological polar surface area (TPSA) is 52.6 Å². The summed E-state index contributed by atoms with van der Waals surface area (Å²) in [7, 11) is 0. The van der Waals surface area contributed by atoms with Crippen molar-refractivity contribution in [3.05, 3.63) is 95.1 Å². The molecule has 0 spiro atoms. The van der Waals surface area contributed by atoms with Crippen molar-refractivity contribution >= 4 is 33.5 Å². The summed E-state index contributed by atoms with van der Waals surface area (Å²) in [5.41, 5.74) is 3.01. The minimum Gasteiger partial charge on any atom is -0.241 e. The lowest BCUT2D eigenvalue weighted by atomic mass is 9.93. The van der Waals surface area contributed by atoms with Crippen molar-refractivity contribution in [2.24, 2.45) is 0 Å². The maximum absolute atomic E-state index is 12.8. The number of rotatable bonds is 4. The van der Waals surface area contributed by atoms with Crippen LogP contribution < -0.4 is 0 Å². The molecule has 4 aromatic carbocycles. The standard InChI is InChI=1S/C28H26O4/c1-17(2)19-13-15-25(23-11-7-5-9-21(19)23)27(29)31-32-28(30)26-16-14-20(18(3)4)22-10-6-8-12-24(22)26/h5-18H,1-4H3. The second-order valence-electron chi connectivity index (χ2n) is 8.55. The molecule has 0 aliphatic carbocycles. The van der Waals surface area contributed by atoms with Crippen LogP contribution in [-0.2, 0) is 9.78 Å². The largest absolute Gasteiger partial charge is 0.386 e. The molecule has 0 radical (unpaired) electrons. The first-order chi connectivity index (χ1) is 15.4. The van der Waals surface area contributed by atoms with E-state index < -0.39 is 11.9 Å². The summed E-state index contributed by atoms with van der Waals surface area (Å²) >= 11 is 0. The highest BCUT2D eigenvalue weighted by Gasteiger charge is 2.20. The fraction of sp³-hybridized carbons (Fsp3) is 0.214. The number of carbonyl (C=O) groups is 2. The summed E-state index contributed by atoms with van der Waals surface area (Å²) < 4.78 is 0. The normalized spacial score (nSPS) is 11.3. The molecule has 4 rings (SSSR count). The van der Waals surface area contributed by atoms with E-state index in [-0.39, 0.29) is 0 Å². The van der Waals surface area contributed by atoms with Crippen molar-refractivity contribution in [2.75, 3.05) is 0 Å². The van der Waals surface area contributed by atoms with Gasteiger partial charge in [-0.3, -0.25) is 0 Å². The Kier molecular flexibility index (Phi) is 5.95. The molecule has 4 aromatic rings. The molecular formula is C28H26O4. The second kappa shape index (κ2) is 8.83. The molecule has 4 nitrogen and oxygen atoms in total. The van der Waals surface area contributed by atoms with Crippen LogP contribution in [0.1, 0.15) is 71.4 Å². The molecule has 4 heteroatoms. The van der Waals surface area contributed by atoms with E-state index in [4.69, 9.17) is 9.78 Å². The predicted molar refractivity (Wildman–Crippen MR) is 127 cm³/mol. The van der Waals surface area contributed by atoms with Gasteiger partial charge in [-0.2, -0.15) is 0 Å². The quantitative estimate of drug-likeness (QED) is 0.256. The van der Waals surface area contributed by atoms with Gasteiger partial charge in [-0.15, -0.1) is 0 Å². The van der Waals surface area contributed by atoms with Gasteiger partial charge >= 0.3 is 11.9 Å². The summed E-state index contributed by atoms with van der Waals surface area (Å²) in [6, 6.07) is 22.6. The fourth-order valence-corrected chi connectivity index (χ4v) is 4.17. The Hall–Kier alpha value is -3.66. The number of hydrogen-bond acceptors (Lipinski definition) is 4. The van der Waals surface area contributed by atoms with Crippen molar-refractivity contribution in [1.82, 2.24) is 0 Å². The van der Waals surface area contributed by atoms with Crippen LogP contribution in [0.2, 0.25) is 0 Å². The number of fused-ring (bicyclic) bond motifs is 2. The second-order valence-corrected chi connectivity index (χ2v) is 8.55. The van der Waals surface area contributed by atoms with Gasteiger partial charge in [0.2, 0.25) is 0 Å². The summed E-state index contributed by atoms with van der Waals surface area (Å²) in [5.74, 6) is -0.782. The highest BCUT2D eigenvalue weighted by atomic mass is 17.2. The number of carbonyl (C=O) groups excluding carboxylic acids is 2. The molecule has 0 fully saturated rings. The molecular weight excluding hydrogens is 400 g/mol. The molecule has 0 aliphatic rings. The van der Waals surface area contributed by atoms with Gasteiger partial charge in [0.1, 0.15) is 0 Å². The van der Waals surface area contributed by atoms with E-state index in [1.807, 2.05) is 60.7 Å². The Bertz CT molecular complexity index is 1210. The van der Waals surface area contributed by atoms with Gasteiger partial charge in [0.05, 0.1) is 11.1 Å². The van der Waals surface area contributed by atoms with Gasteiger partial charge in [0.25, 0.3) is 0 Å². The van der Waals surface area contributed by atoms with E-state index >= 15 is 0 Å². The zero-order valence-electron chi connectivity index (χ0n) is 18.7. The summed E-state index contributed by atoms with van der Waals surface area (Å²) in [4.78, 5) is 35.5. The third kappa shape index (κ3) is 3.96. The third-order valence-electron chi connectivity index (χ3n) is 5.79. The van der Waals surface area contributed by atoms with Gasteiger partial charge in [-0.25, -0.2) is 19.4 Å². The maximum atomic E-state index is 12.8. The third-order valence-corrected chi connectivity index (χ3v) is 5.79. The van der Waals surface area contributed by atoms with Crippen LogP contribution in [0, 0.1) is 0 Å². The van der Waals surface area contributed by atoms with Gasteiger partial charge in [0, 0.05) is 0 Å². The molecule has 0 saturated carbocycles. The lowest BCUT2D eigenvalue weighted by Gasteiger charge is -2.14. The molecule has 0 amide bonds. The van der Waals surface area contributed by atoms with E-state index in [0.29, 0.717) is 23.0 Å². The monoisotopic (exact) mass is 426 g/mol. The molecule has 0 saturated heterocycles. The molecule has 162 valence electrons. The lowest BCUT2D eigenvalue weighted by Crippen LogP contribution is -2.13. The molecule has 0 N–H and O–H groups in total. The highest BCUT2D eigenvalue weighted by molar-refractivity contribution is 6.07. The number of benzene rings is 4. The van der Waals surface area contributed by atoms with Crippen molar-refractivity contribution in [3.63, 3.8) is 0 Å². The van der Waals surface area contributed by atoms with Crippen LogP contribution in [0.5, 0.6) is 0 Å². The molecule has 0 atom stereocenters. The Morgan fingerprint density at radius 3 is 1.22 bits per heavy atom. The maximum Gasteiger partial charge on any atom is 0.386 e. The number of hydrogen-bond donors (Lipinski definition) is 0. The Labute approximate surface area is 187 Å². The lowest BCUT2D eigenvalue weighted by molar-refractivity contribution is -0.187. The molecule has 0 aromatic heterocycles. The first-order valence-corrected chi connectivity index (χ1v) is 10.8. The molecule has 0 bridgehead atoms. The van der Waals surface area contributed by atoms with Gasteiger partial charge in [0.15, 0.2) is 0 Å². The molecule has 32 heavy (non-hydrogen) atoms. The van der Waals surface area contributed by atoms with E-state index in [1.54, 1.807) is 12.1 Å². The van der Waals surface area contributed by atoms with Crippen LogP contribution in [0.25, 0.3) is 21.5 Å². The zero-order valence-corrected chi connectivity index (χ0v) is 18.7. The van der Waals surface area contributed by atoms with Crippen molar-refractivity contribution < 1.29 is 19.4 Å². The minimum atomic E-state index is -0.701. The van der Waals surface area contributed by atoms with E-state index in [9.17, 15) is 9.59 Å². The Morgan fingerprint density at radius 2 is 0.875 bits per heavy atom. The predicted octanol–water partition coefficient (Wildman–Crippen LogP) is 7.17. The Balaban J connectivity index is 1.60. The van der Waals surface area contributed by atoms with Crippen molar-refractivity contribution in [1.29, 1.82) is 0 Å². The average molecular weight is 427 g/mol. The van der Waals surface area contributed by atoms with Gasteiger partial charge < -0.3 is 0 Å². The molecule has 0 unspecified atom stereocenters. The summed E-state index contributed by atoms with van der Waals surface area (Å²) in [6.45, 7) is 8.43. The van der Waals surface area contributed by atoms with E-state index in [1.165, 1.54) is 0 Å². The zero-order chi connectivity index (χ0) is 22.8. The minimum absolute atomic E-state index is 0.310. The van der Waals surface area contributed by atoms with Crippen LogP contribution in [-0.4, -0.2) is 11.9 Å². The Morgan fingerprint density at radius 1 is 0.531 bits per heavy atom. The molecule has 0 heterocycles. The SMILES string of the molecule is CC(C)c1ccc(C(=O)OOC(=O)c2ccc(C(C)C)c3ccccc23)c2ccccc12. The van der Waals surface area contributed by atoms with Crippen molar-refractivity contribution in [3.8, 4) is 0 Å². The summed E-state index contributed by atoms with van der Waals surface area (Å²) in [6.07, 6.45) is 0. The van der Waals surface area contributed by atoms with Crippen LogP contribution in [0.15, 0.2) is 72.8 Å². The van der Waals surface area contributed by atoms with Gasteiger partial charge in [-0.1, -0.05) is 88.4 Å². The van der Waals surface area contributed by atoms with E-state index in [2.05, 4.69) is 27.7 Å². The summed E-state index contributed by atoms with van der Waals surface area (Å²) in [5, 5.41) is 3.51. The van der Waals surface area contributed by atoms with Crippen molar-refractivity contribution in [2.45, 2.75) is 39.5 Å².